The Bertz CT molecular complexity index is 334. The van der Waals surface area contributed by atoms with Crippen LogP contribution in [0.1, 0.15) is 25.3 Å². The molecule has 1 aliphatic heterocycles. The molecule has 0 radical (unpaired) electrons. The van der Waals surface area contributed by atoms with Crippen LogP contribution in [0, 0.1) is 0 Å². The van der Waals surface area contributed by atoms with Crippen molar-refractivity contribution in [2.45, 2.75) is 32.2 Å². The second-order valence-electron chi connectivity index (χ2n) is 4.23. The Balaban J connectivity index is 1.73. The summed E-state index contributed by atoms with van der Waals surface area (Å²) in [6, 6.07) is 10.9. The van der Waals surface area contributed by atoms with E-state index in [0.29, 0.717) is 11.9 Å². The second kappa shape index (κ2) is 4.47. The molecule has 0 aliphatic carbocycles. The van der Waals surface area contributed by atoms with Gasteiger partial charge in [-0.3, -0.25) is 4.79 Å². The molecule has 0 aromatic heterocycles. The molecule has 1 aromatic carbocycles. The first-order valence-corrected chi connectivity index (χ1v) is 5.61. The SMILES string of the molecule is C[C@@H]1CC(=O)N1CCCc1ccccc1. The van der Waals surface area contributed by atoms with E-state index in [1.807, 2.05) is 11.0 Å². The molecule has 1 fully saturated rings. The van der Waals surface area contributed by atoms with E-state index in [-0.39, 0.29) is 0 Å². The van der Waals surface area contributed by atoms with Gasteiger partial charge in [-0.1, -0.05) is 30.3 Å². The van der Waals surface area contributed by atoms with Gasteiger partial charge in [0.15, 0.2) is 0 Å². The van der Waals surface area contributed by atoms with Crippen molar-refractivity contribution in [3.05, 3.63) is 35.9 Å². The van der Waals surface area contributed by atoms with Crippen LogP contribution in [0.15, 0.2) is 30.3 Å². The molecule has 2 rings (SSSR count). The number of amides is 1. The summed E-state index contributed by atoms with van der Waals surface area (Å²) in [5.41, 5.74) is 1.36. The Morgan fingerprint density at radius 1 is 1.33 bits per heavy atom. The fraction of sp³-hybridized carbons (Fsp3) is 0.462. The highest BCUT2D eigenvalue weighted by Gasteiger charge is 2.31. The summed E-state index contributed by atoms with van der Waals surface area (Å²) in [6.45, 7) is 3.03. The lowest BCUT2D eigenvalue weighted by Crippen LogP contribution is -2.51. The fourth-order valence-corrected chi connectivity index (χ4v) is 2.06. The Labute approximate surface area is 90.9 Å². The third-order valence-electron chi connectivity index (χ3n) is 3.03. The van der Waals surface area contributed by atoms with Crippen molar-refractivity contribution < 1.29 is 4.79 Å². The first-order chi connectivity index (χ1) is 7.27. The predicted molar refractivity (Wildman–Crippen MR) is 60.6 cm³/mol. The number of β-lactam (4-membered cyclic amide) rings is 1. The molecule has 1 atom stereocenters. The first-order valence-electron chi connectivity index (χ1n) is 5.61. The van der Waals surface area contributed by atoms with Crippen LogP contribution in [-0.2, 0) is 11.2 Å². The van der Waals surface area contributed by atoms with Crippen LogP contribution in [0.2, 0.25) is 0 Å². The predicted octanol–water partition coefficient (Wildman–Crippen LogP) is 2.24. The minimum atomic E-state index is 0.315. The zero-order valence-electron chi connectivity index (χ0n) is 9.15. The molecule has 0 saturated carbocycles. The third-order valence-corrected chi connectivity index (χ3v) is 3.03. The van der Waals surface area contributed by atoms with E-state index in [2.05, 4.69) is 31.2 Å². The molecule has 15 heavy (non-hydrogen) atoms. The van der Waals surface area contributed by atoms with Gasteiger partial charge < -0.3 is 4.90 Å². The lowest BCUT2D eigenvalue weighted by atomic mass is 10.0. The minimum Gasteiger partial charge on any atom is -0.339 e. The zero-order chi connectivity index (χ0) is 10.7. The minimum absolute atomic E-state index is 0.315. The normalized spacial score (nSPS) is 20.2. The van der Waals surface area contributed by atoms with Crippen molar-refractivity contribution in [1.82, 2.24) is 4.90 Å². The van der Waals surface area contributed by atoms with Crippen molar-refractivity contribution in [3.8, 4) is 0 Å². The van der Waals surface area contributed by atoms with Crippen LogP contribution in [0.5, 0.6) is 0 Å². The molecule has 2 heteroatoms. The number of likely N-dealkylation sites (tertiary alicyclic amines) is 1. The second-order valence-corrected chi connectivity index (χ2v) is 4.23. The van der Waals surface area contributed by atoms with Gasteiger partial charge in [0.25, 0.3) is 0 Å². The number of carbonyl (C=O) groups excluding carboxylic acids is 1. The molecule has 1 amide bonds. The van der Waals surface area contributed by atoms with E-state index in [1.165, 1.54) is 5.56 Å². The number of hydrogen-bond acceptors (Lipinski definition) is 1. The number of benzene rings is 1. The van der Waals surface area contributed by atoms with E-state index in [4.69, 9.17) is 0 Å². The molecule has 1 aliphatic rings. The topological polar surface area (TPSA) is 20.3 Å². The molecule has 1 saturated heterocycles. The van der Waals surface area contributed by atoms with Crippen molar-refractivity contribution >= 4 is 5.91 Å². The number of nitrogens with zero attached hydrogens (tertiary/aromatic N) is 1. The summed E-state index contributed by atoms with van der Waals surface area (Å²) >= 11 is 0. The average molecular weight is 203 g/mol. The first kappa shape index (κ1) is 10.2. The standard InChI is InChI=1S/C13H17NO/c1-11-10-13(15)14(11)9-5-8-12-6-3-2-4-7-12/h2-4,6-7,11H,5,8-10H2,1H3/t11-/m1/s1. The molecule has 0 spiro atoms. The summed E-state index contributed by atoms with van der Waals surface area (Å²) in [7, 11) is 0. The van der Waals surface area contributed by atoms with Gasteiger partial charge in [-0.2, -0.15) is 0 Å². The lowest BCUT2D eigenvalue weighted by Gasteiger charge is -2.38. The van der Waals surface area contributed by atoms with Gasteiger partial charge >= 0.3 is 0 Å². The maximum absolute atomic E-state index is 11.2. The Hall–Kier alpha value is -1.31. The third kappa shape index (κ3) is 2.38. The summed E-state index contributed by atoms with van der Waals surface area (Å²) in [6.07, 6.45) is 2.88. The van der Waals surface area contributed by atoms with Gasteiger partial charge in [-0.15, -0.1) is 0 Å². The number of hydrogen-bond donors (Lipinski definition) is 0. The molecule has 1 heterocycles. The van der Waals surface area contributed by atoms with E-state index < -0.39 is 0 Å². The molecule has 2 nitrogen and oxygen atoms in total. The van der Waals surface area contributed by atoms with Crippen molar-refractivity contribution in [2.24, 2.45) is 0 Å². The Morgan fingerprint density at radius 2 is 2.07 bits per heavy atom. The van der Waals surface area contributed by atoms with Gasteiger partial charge in [0, 0.05) is 19.0 Å². The highest BCUT2D eigenvalue weighted by molar-refractivity contribution is 5.82. The Morgan fingerprint density at radius 3 is 2.67 bits per heavy atom. The zero-order valence-corrected chi connectivity index (χ0v) is 9.15. The molecular weight excluding hydrogens is 186 g/mol. The quantitative estimate of drug-likeness (QED) is 0.687. The van der Waals surface area contributed by atoms with Gasteiger partial charge in [-0.05, 0) is 25.3 Å². The van der Waals surface area contributed by atoms with E-state index in [1.54, 1.807) is 0 Å². The van der Waals surface area contributed by atoms with E-state index >= 15 is 0 Å². The summed E-state index contributed by atoms with van der Waals surface area (Å²) < 4.78 is 0. The largest absolute Gasteiger partial charge is 0.339 e. The van der Waals surface area contributed by atoms with E-state index in [9.17, 15) is 4.79 Å². The molecular formula is C13H17NO. The van der Waals surface area contributed by atoms with Crippen LogP contribution in [0.3, 0.4) is 0 Å². The van der Waals surface area contributed by atoms with Gasteiger partial charge in [0.05, 0.1) is 0 Å². The molecule has 0 unspecified atom stereocenters. The molecule has 0 N–H and O–H groups in total. The average Bonchev–Trinajstić information content (AvgIpc) is 2.26. The van der Waals surface area contributed by atoms with Crippen molar-refractivity contribution in [1.29, 1.82) is 0 Å². The molecule has 1 aromatic rings. The Kier molecular flexibility index (Phi) is 3.05. The van der Waals surface area contributed by atoms with Crippen molar-refractivity contribution in [2.75, 3.05) is 6.54 Å². The maximum atomic E-state index is 11.2. The number of carbonyl (C=O) groups is 1. The highest BCUT2D eigenvalue weighted by Crippen LogP contribution is 2.18. The van der Waals surface area contributed by atoms with Crippen LogP contribution < -0.4 is 0 Å². The smallest absolute Gasteiger partial charge is 0.224 e. The molecule has 80 valence electrons. The summed E-state index contributed by atoms with van der Waals surface area (Å²) in [4.78, 5) is 13.2. The van der Waals surface area contributed by atoms with Gasteiger partial charge in [-0.25, -0.2) is 0 Å². The number of rotatable bonds is 4. The van der Waals surface area contributed by atoms with Crippen LogP contribution in [-0.4, -0.2) is 23.4 Å². The van der Waals surface area contributed by atoms with Crippen LogP contribution >= 0.6 is 0 Å². The summed E-state index contributed by atoms with van der Waals surface area (Å²) in [5, 5.41) is 0. The lowest BCUT2D eigenvalue weighted by molar-refractivity contribution is -0.144. The van der Waals surface area contributed by atoms with Crippen LogP contribution in [0.4, 0.5) is 0 Å². The molecule has 0 bridgehead atoms. The fourth-order valence-electron chi connectivity index (χ4n) is 2.06. The maximum Gasteiger partial charge on any atom is 0.224 e. The summed E-state index contributed by atoms with van der Waals surface area (Å²) in [5.74, 6) is 0.315. The van der Waals surface area contributed by atoms with Gasteiger partial charge in [0.1, 0.15) is 0 Å². The monoisotopic (exact) mass is 203 g/mol. The number of aryl methyl sites for hydroxylation is 1. The van der Waals surface area contributed by atoms with Crippen LogP contribution in [0.25, 0.3) is 0 Å². The van der Waals surface area contributed by atoms with Crippen molar-refractivity contribution in [3.63, 3.8) is 0 Å². The van der Waals surface area contributed by atoms with E-state index in [0.717, 1.165) is 25.8 Å². The van der Waals surface area contributed by atoms with Gasteiger partial charge in [0.2, 0.25) is 5.91 Å². The highest BCUT2D eigenvalue weighted by atomic mass is 16.2.